The van der Waals surface area contributed by atoms with Gasteiger partial charge in [0.2, 0.25) is 0 Å². The highest BCUT2D eigenvalue weighted by Gasteiger charge is 2.27. The SMILES string of the molecule is Cc1ccc(C(=O)Nc2ccc3c(C(=O)NC4CC4)nn(CCc4ccccc4)c3n2)cc1. The average molecular weight is 440 g/mol. The van der Waals surface area contributed by atoms with Crippen molar-refractivity contribution in [2.45, 2.75) is 38.8 Å². The molecule has 7 nitrogen and oxygen atoms in total. The van der Waals surface area contributed by atoms with Gasteiger partial charge in [0, 0.05) is 18.2 Å². The lowest BCUT2D eigenvalue weighted by Crippen LogP contribution is -2.26. The summed E-state index contributed by atoms with van der Waals surface area (Å²) in [6, 6.07) is 21.2. The van der Waals surface area contributed by atoms with E-state index in [0.717, 1.165) is 24.8 Å². The molecular weight excluding hydrogens is 414 g/mol. The van der Waals surface area contributed by atoms with Gasteiger partial charge in [-0.25, -0.2) is 9.67 Å². The number of amides is 2. The summed E-state index contributed by atoms with van der Waals surface area (Å²) >= 11 is 0. The number of hydrogen-bond donors (Lipinski definition) is 2. The maximum atomic E-state index is 12.8. The van der Waals surface area contributed by atoms with Crippen molar-refractivity contribution < 1.29 is 9.59 Å². The molecule has 1 fully saturated rings. The van der Waals surface area contributed by atoms with Crippen LogP contribution in [0.15, 0.2) is 66.7 Å². The highest BCUT2D eigenvalue weighted by Crippen LogP contribution is 2.23. The molecule has 0 bridgehead atoms. The first-order valence-electron chi connectivity index (χ1n) is 11.2. The van der Waals surface area contributed by atoms with Gasteiger partial charge >= 0.3 is 0 Å². The van der Waals surface area contributed by atoms with E-state index in [2.05, 4.69) is 32.8 Å². The zero-order valence-corrected chi connectivity index (χ0v) is 18.4. The third-order valence-corrected chi connectivity index (χ3v) is 5.73. The summed E-state index contributed by atoms with van der Waals surface area (Å²) in [5, 5.41) is 11.1. The van der Waals surface area contributed by atoms with Gasteiger partial charge in [-0.05, 0) is 56.0 Å². The van der Waals surface area contributed by atoms with E-state index >= 15 is 0 Å². The Bertz CT molecular complexity index is 1310. The fraction of sp³-hybridized carbons (Fsp3) is 0.231. The van der Waals surface area contributed by atoms with Crippen LogP contribution in [-0.2, 0) is 13.0 Å². The first-order valence-corrected chi connectivity index (χ1v) is 11.2. The molecule has 2 N–H and O–H groups in total. The fourth-order valence-electron chi connectivity index (χ4n) is 3.70. The number of nitrogens with zero attached hydrogens (tertiary/aromatic N) is 3. The quantitative estimate of drug-likeness (QED) is 0.453. The van der Waals surface area contributed by atoms with Gasteiger partial charge in [0.15, 0.2) is 11.3 Å². The molecule has 1 saturated carbocycles. The van der Waals surface area contributed by atoms with Gasteiger partial charge < -0.3 is 10.6 Å². The van der Waals surface area contributed by atoms with E-state index in [1.165, 1.54) is 5.56 Å². The van der Waals surface area contributed by atoms with Crippen molar-refractivity contribution in [2.24, 2.45) is 0 Å². The Kier molecular flexibility index (Phi) is 5.60. The molecule has 2 aromatic carbocycles. The topological polar surface area (TPSA) is 88.9 Å². The molecular formula is C26H25N5O2. The van der Waals surface area contributed by atoms with Crippen LogP contribution in [0.5, 0.6) is 0 Å². The number of carbonyl (C=O) groups is 2. The van der Waals surface area contributed by atoms with Crippen molar-refractivity contribution in [3.8, 4) is 0 Å². The van der Waals surface area contributed by atoms with Gasteiger partial charge in [0.25, 0.3) is 11.8 Å². The minimum atomic E-state index is -0.232. The summed E-state index contributed by atoms with van der Waals surface area (Å²) in [5.41, 5.74) is 3.77. The van der Waals surface area contributed by atoms with Crippen molar-refractivity contribution in [2.75, 3.05) is 5.32 Å². The molecule has 0 atom stereocenters. The second-order valence-electron chi connectivity index (χ2n) is 8.44. The molecule has 5 rings (SSSR count). The maximum Gasteiger partial charge on any atom is 0.272 e. The van der Waals surface area contributed by atoms with Crippen LogP contribution in [-0.4, -0.2) is 32.6 Å². The third kappa shape index (κ3) is 4.77. The highest BCUT2D eigenvalue weighted by atomic mass is 16.2. The molecule has 0 aliphatic heterocycles. The predicted molar refractivity (Wildman–Crippen MR) is 127 cm³/mol. The molecule has 0 unspecified atom stereocenters. The summed E-state index contributed by atoms with van der Waals surface area (Å²) in [4.78, 5) is 30.1. The Labute approximate surface area is 191 Å². The number of pyridine rings is 1. The number of carbonyl (C=O) groups excluding carboxylic acids is 2. The van der Waals surface area contributed by atoms with Crippen molar-refractivity contribution in [3.05, 3.63) is 89.1 Å². The second-order valence-corrected chi connectivity index (χ2v) is 8.44. The van der Waals surface area contributed by atoms with Crippen LogP contribution in [0.4, 0.5) is 5.82 Å². The molecule has 2 amide bonds. The molecule has 7 heteroatoms. The molecule has 1 aliphatic rings. The van der Waals surface area contributed by atoms with Gasteiger partial charge in [0.1, 0.15) is 5.82 Å². The van der Waals surface area contributed by atoms with Gasteiger partial charge in [-0.3, -0.25) is 9.59 Å². The number of anilines is 1. The predicted octanol–water partition coefficient (Wildman–Crippen LogP) is 4.13. The summed E-state index contributed by atoms with van der Waals surface area (Å²) in [6.45, 7) is 2.55. The summed E-state index contributed by atoms with van der Waals surface area (Å²) in [5.74, 6) is 0.00573. The van der Waals surface area contributed by atoms with Gasteiger partial charge in [-0.15, -0.1) is 0 Å². The van der Waals surface area contributed by atoms with E-state index in [1.807, 2.05) is 37.3 Å². The number of nitrogens with one attached hydrogen (secondary N) is 2. The van der Waals surface area contributed by atoms with Crippen LogP contribution in [0.2, 0.25) is 0 Å². The largest absolute Gasteiger partial charge is 0.348 e. The number of hydrogen-bond acceptors (Lipinski definition) is 4. The Morgan fingerprint density at radius 2 is 1.73 bits per heavy atom. The zero-order chi connectivity index (χ0) is 22.8. The molecule has 4 aromatic rings. The smallest absolute Gasteiger partial charge is 0.272 e. The number of benzene rings is 2. The molecule has 1 aliphatic carbocycles. The van der Waals surface area contributed by atoms with Crippen LogP contribution < -0.4 is 10.6 Å². The number of fused-ring (bicyclic) bond motifs is 1. The van der Waals surface area contributed by atoms with E-state index in [9.17, 15) is 9.59 Å². The van der Waals surface area contributed by atoms with Crippen LogP contribution in [0.25, 0.3) is 11.0 Å². The number of rotatable bonds is 7. The molecule has 2 heterocycles. The van der Waals surface area contributed by atoms with Gasteiger partial charge in [-0.1, -0.05) is 48.0 Å². The second kappa shape index (κ2) is 8.86. The van der Waals surface area contributed by atoms with Crippen molar-refractivity contribution in [1.82, 2.24) is 20.1 Å². The molecule has 0 radical (unpaired) electrons. The fourth-order valence-corrected chi connectivity index (χ4v) is 3.70. The summed E-state index contributed by atoms with van der Waals surface area (Å²) < 4.78 is 1.76. The van der Waals surface area contributed by atoms with Crippen molar-refractivity contribution in [3.63, 3.8) is 0 Å². The Hall–Kier alpha value is -4.00. The minimum Gasteiger partial charge on any atom is -0.348 e. The van der Waals surface area contributed by atoms with Crippen molar-refractivity contribution >= 4 is 28.7 Å². The molecule has 2 aromatic heterocycles. The normalized spacial score (nSPS) is 13.1. The van der Waals surface area contributed by atoms with E-state index < -0.39 is 0 Å². The lowest BCUT2D eigenvalue weighted by molar-refractivity contribution is 0.0946. The van der Waals surface area contributed by atoms with Crippen LogP contribution in [0.3, 0.4) is 0 Å². The zero-order valence-electron chi connectivity index (χ0n) is 18.4. The first kappa shape index (κ1) is 20.9. The summed E-state index contributed by atoms with van der Waals surface area (Å²) in [7, 11) is 0. The monoisotopic (exact) mass is 439 g/mol. The lowest BCUT2D eigenvalue weighted by Gasteiger charge is -2.07. The maximum absolute atomic E-state index is 12.8. The molecule has 0 saturated heterocycles. The minimum absolute atomic E-state index is 0.181. The van der Waals surface area contributed by atoms with E-state index in [-0.39, 0.29) is 17.9 Å². The average Bonchev–Trinajstić information content (AvgIpc) is 3.57. The van der Waals surface area contributed by atoms with Crippen LogP contribution in [0, 0.1) is 6.92 Å². The number of aromatic nitrogens is 3. The molecule has 0 spiro atoms. The third-order valence-electron chi connectivity index (χ3n) is 5.73. The number of aryl methyl sites for hydroxylation is 3. The standard InChI is InChI=1S/C26H25N5O2/c1-17-7-9-19(10-8-17)25(32)29-22-14-13-21-23(26(33)27-20-11-12-20)30-31(24(21)28-22)16-15-18-5-3-2-4-6-18/h2-10,13-14,20H,11-12,15-16H2,1H3,(H,27,33)(H,28,29,32). The Morgan fingerprint density at radius 1 is 0.970 bits per heavy atom. The Morgan fingerprint density at radius 3 is 2.45 bits per heavy atom. The highest BCUT2D eigenvalue weighted by molar-refractivity contribution is 6.06. The van der Waals surface area contributed by atoms with Gasteiger partial charge in [0.05, 0.1) is 5.39 Å². The van der Waals surface area contributed by atoms with E-state index in [4.69, 9.17) is 0 Å². The Balaban J connectivity index is 1.44. The first-order chi connectivity index (χ1) is 16.1. The van der Waals surface area contributed by atoms with Crippen molar-refractivity contribution in [1.29, 1.82) is 0 Å². The van der Waals surface area contributed by atoms with Crippen LogP contribution in [0.1, 0.15) is 44.8 Å². The van der Waals surface area contributed by atoms with E-state index in [0.29, 0.717) is 34.7 Å². The molecule has 33 heavy (non-hydrogen) atoms. The van der Waals surface area contributed by atoms with E-state index in [1.54, 1.807) is 28.9 Å². The van der Waals surface area contributed by atoms with Gasteiger partial charge in [-0.2, -0.15) is 5.10 Å². The lowest BCUT2D eigenvalue weighted by atomic mass is 10.1. The summed E-state index contributed by atoms with van der Waals surface area (Å²) in [6.07, 6.45) is 2.76. The molecule has 166 valence electrons. The van der Waals surface area contributed by atoms with Crippen LogP contribution >= 0.6 is 0 Å².